The lowest BCUT2D eigenvalue weighted by Gasteiger charge is -2.14. The van der Waals surface area contributed by atoms with Crippen molar-refractivity contribution in [3.63, 3.8) is 0 Å². The number of halogens is 3. The van der Waals surface area contributed by atoms with E-state index in [4.69, 9.17) is 9.15 Å². The van der Waals surface area contributed by atoms with Gasteiger partial charge in [0.05, 0.1) is 11.8 Å². The Bertz CT molecular complexity index is 735. The quantitative estimate of drug-likeness (QED) is 0.859. The van der Waals surface area contributed by atoms with Crippen molar-refractivity contribution in [2.75, 3.05) is 5.32 Å². The maximum Gasteiger partial charge on any atom is 0.416 e. The molecule has 1 aromatic heterocycles. The minimum absolute atomic E-state index is 0.162. The van der Waals surface area contributed by atoms with Crippen molar-refractivity contribution in [1.82, 2.24) is 0 Å². The van der Waals surface area contributed by atoms with Gasteiger partial charge in [-0.3, -0.25) is 4.79 Å². The van der Waals surface area contributed by atoms with Gasteiger partial charge in [-0.1, -0.05) is 0 Å². The van der Waals surface area contributed by atoms with Crippen LogP contribution in [-0.2, 0) is 15.7 Å². The Kier molecular flexibility index (Phi) is 4.96. The highest BCUT2D eigenvalue weighted by Crippen LogP contribution is 2.29. The molecule has 0 fully saturated rings. The number of benzene rings is 1. The molecule has 0 aliphatic carbocycles. The summed E-state index contributed by atoms with van der Waals surface area (Å²) in [6.07, 6.45) is -4.26. The normalized spacial score (nSPS) is 12.5. The van der Waals surface area contributed by atoms with Crippen LogP contribution in [0.15, 0.2) is 41.0 Å². The van der Waals surface area contributed by atoms with Crippen molar-refractivity contribution in [2.24, 2.45) is 0 Å². The number of nitrogens with one attached hydrogen (secondary N) is 1. The lowest BCUT2D eigenvalue weighted by atomic mass is 10.2. The number of carbonyl (C=O) groups excluding carboxylic acids is 2. The second-order valence-corrected chi connectivity index (χ2v) is 5.00. The highest BCUT2D eigenvalue weighted by atomic mass is 19.4. The first kappa shape index (κ1) is 17.6. The third-order valence-electron chi connectivity index (χ3n) is 3.21. The molecule has 1 N–H and O–H groups in total. The van der Waals surface area contributed by atoms with Crippen molar-refractivity contribution in [3.05, 3.63) is 53.5 Å². The summed E-state index contributed by atoms with van der Waals surface area (Å²) in [6.45, 7) is 2.93. The van der Waals surface area contributed by atoms with Crippen LogP contribution in [-0.4, -0.2) is 18.0 Å². The lowest BCUT2D eigenvalue weighted by molar-refractivity contribution is -0.137. The monoisotopic (exact) mass is 341 g/mol. The average molecular weight is 341 g/mol. The zero-order valence-corrected chi connectivity index (χ0v) is 12.8. The molecule has 24 heavy (non-hydrogen) atoms. The highest BCUT2D eigenvalue weighted by Gasteiger charge is 2.30. The number of ether oxygens (including phenoxy) is 1. The number of amides is 1. The van der Waals surface area contributed by atoms with Gasteiger partial charge >= 0.3 is 12.1 Å². The molecule has 1 unspecified atom stereocenters. The molecule has 2 rings (SSSR count). The van der Waals surface area contributed by atoms with Crippen LogP contribution in [0.3, 0.4) is 0 Å². The van der Waals surface area contributed by atoms with E-state index < -0.39 is 29.7 Å². The van der Waals surface area contributed by atoms with E-state index in [0.29, 0.717) is 5.76 Å². The second-order valence-electron chi connectivity index (χ2n) is 5.00. The van der Waals surface area contributed by atoms with E-state index in [2.05, 4.69) is 5.32 Å². The van der Waals surface area contributed by atoms with Gasteiger partial charge in [0.25, 0.3) is 5.91 Å². The van der Waals surface area contributed by atoms with E-state index in [0.717, 1.165) is 24.3 Å². The summed E-state index contributed by atoms with van der Waals surface area (Å²) in [5.41, 5.74) is -0.463. The molecule has 0 spiro atoms. The van der Waals surface area contributed by atoms with Crippen molar-refractivity contribution in [2.45, 2.75) is 26.1 Å². The molecular formula is C16H14F3NO4. The van der Waals surface area contributed by atoms with E-state index in [9.17, 15) is 22.8 Å². The van der Waals surface area contributed by atoms with E-state index in [-0.39, 0.29) is 11.3 Å². The van der Waals surface area contributed by atoms with E-state index in [1.54, 1.807) is 6.92 Å². The van der Waals surface area contributed by atoms with E-state index >= 15 is 0 Å². The Hall–Kier alpha value is -2.77. The van der Waals surface area contributed by atoms with Gasteiger partial charge in [-0.05, 0) is 44.2 Å². The number of hydrogen-bond donors (Lipinski definition) is 1. The Morgan fingerprint density at radius 2 is 1.79 bits per heavy atom. The number of furan rings is 1. The summed E-state index contributed by atoms with van der Waals surface area (Å²) in [7, 11) is 0. The van der Waals surface area contributed by atoms with Crippen LogP contribution < -0.4 is 5.32 Å². The smallest absolute Gasteiger partial charge is 0.416 e. The first-order valence-electron chi connectivity index (χ1n) is 6.91. The van der Waals surface area contributed by atoms with Gasteiger partial charge in [0, 0.05) is 5.69 Å². The third kappa shape index (κ3) is 4.15. The zero-order valence-electron chi connectivity index (χ0n) is 12.8. The molecular weight excluding hydrogens is 327 g/mol. The number of hydrogen-bond acceptors (Lipinski definition) is 4. The summed E-state index contributed by atoms with van der Waals surface area (Å²) in [5.74, 6) is -1.03. The van der Waals surface area contributed by atoms with Crippen molar-refractivity contribution in [3.8, 4) is 0 Å². The number of rotatable bonds is 4. The predicted molar refractivity (Wildman–Crippen MR) is 78.4 cm³/mol. The Balaban J connectivity index is 1.96. The predicted octanol–water partition coefficient (Wildman–Crippen LogP) is 3.79. The first-order valence-corrected chi connectivity index (χ1v) is 6.91. The number of alkyl halides is 3. The summed E-state index contributed by atoms with van der Waals surface area (Å²) in [6, 6.07) is 5.35. The van der Waals surface area contributed by atoms with E-state index in [1.165, 1.54) is 19.3 Å². The average Bonchev–Trinajstić information content (AvgIpc) is 2.93. The number of esters is 1. The summed E-state index contributed by atoms with van der Waals surface area (Å²) in [4.78, 5) is 23.8. The fourth-order valence-electron chi connectivity index (χ4n) is 1.86. The minimum Gasteiger partial charge on any atom is -0.469 e. The fourth-order valence-corrected chi connectivity index (χ4v) is 1.86. The number of carbonyl (C=O) groups is 2. The van der Waals surface area contributed by atoms with Gasteiger partial charge < -0.3 is 14.5 Å². The molecule has 0 bridgehead atoms. The molecule has 0 radical (unpaired) electrons. The van der Waals surface area contributed by atoms with Crippen LogP contribution in [0.4, 0.5) is 18.9 Å². The topological polar surface area (TPSA) is 68.5 Å². The third-order valence-corrected chi connectivity index (χ3v) is 3.21. The van der Waals surface area contributed by atoms with Crippen LogP contribution in [0.25, 0.3) is 0 Å². The van der Waals surface area contributed by atoms with Crippen molar-refractivity contribution < 1.29 is 31.9 Å². The summed E-state index contributed by atoms with van der Waals surface area (Å²) >= 11 is 0. The lowest BCUT2D eigenvalue weighted by Crippen LogP contribution is -2.30. The zero-order chi connectivity index (χ0) is 17.9. The number of aryl methyl sites for hydroxylation is 1. The maximum absolute atomic E-state index is 12.5. The van der Waals surface area contributed by atoms with Gasteiger partial charge in [0.2, 0.25) is 0 Å². The second kappa shape index (κ2) is 6.77. The standard InChI is InChI=1S/C16H14F3NO4/c1-9-13(7-8-23-9)15(22)24-10(2)14(21)20-12-5-3-11(4-6-12)16(17,18)19/h3-8,10H,1-2H3,(H,20,21). The van der Waals surface area contributed by atoms with Crippen LogP contribution in [0.2, 0.25) is 0 Å². The molecule has 1 amide bonds. The fraction of sp³-hybridized carbons (Fsp3) is 0.250. The molecule has 5 nitrogen and oxygen atoms in total. The van der Waals surface area contributed by atoms with Crippen molar-refractivity contribution >= 4 is 17.6 Å². The van der Waals surface area contributed by atoms with Crippen LogP contribution in [0.1, 0.15) is 28.6 Å². The molecule has 0 saturated heterocycles. The molecule has 0 aliphatic heterocycles. The van der Waals surface area contributed by atoms with E-state index in [1.807, 2.05) is 0 Å². The maximum atomic E-state index is 12.5. The van der Waals surface area contributed by atoms with Gasteiger partial charge in [0.1, 0.15) is 11.3 Å². The Morgan fingerprint density at radius 3 is 2.29 bits per heavy atom. The molecule has 1 atom stereocenters. The van der Waals surface area contributed by atoms with Crippen LogP contribution >= 0.6 is 0 Å². The van der Waals surface area contributed by atoms with Gasteiger partial charge in [0.15, 0.2) is 6.10 Å². The first-order chi connectivity index (χ1) is 11.2. The van der Waals surface area contributed by atoms with Gasteiger partial charge in [-0.15, -0.1) is 0 Å². The molecule has 8 heteroatoms. The molecule has 0 saturated carbocycles. The Morgan fingerprint density at radius 1 is 1.17 bits per heavy atom. The highest BCUT2D eigenvalue weighted by molar-refractivity contribution is 5.97. The SMILES string of the molecule is Cc1occc1C(=O)OC(C)C(=O)Nc1ccc(C(F)(F)F)cc1. The number of anilines is 1. The van der Waals surface area contributed by atoms with Crippen molar-refractivity contribution in [1.29, 1.82) is 0 Å². The Labute approximate surface area is 135 Å². The van der Waals surface area contributed by atoms with Gasteiger partial charge in [-0.25, -0.2) is 4.79 Å². The summed E-state index contributed by atoms with van der Waals surface area (Å²) < 4.78 is 47.4. The molecule has 1 aromatic carbocycles. The molecule has 128 valence electrons. The minimum atomic E-state index is -4.45. The van der Waals surface area contributed by atoms with Crippen LogP contribution in [0, 0.1) is 6.92 Å². The largest absolute Gasteiger partial charge is 0.469 e. The summed E-state index contributed by atoms with van der Waals surface area (Å²) in [5, 5.41) is 2.38. The molecule has 0 aliphatic rings. The van der Waals surface area contributed by atoms with Crippen LogP contribution in [0.5, 0.6) is 0 Å². The molecule has 2 aromatic rings. The molecule has 1 heterocycles. The van der Waals surface area contributed by atoms with Gasteiger partial charge in [-0.2, -0.15) is 13.2 Å².